The Morgan fingerprint density at radius 2 is 1.75 bits per heavy atom. The molecule has 0 bridgehead atoms. The fourth-order valence-corrected chi connectivity index (χ4v) is 2.93. The van der Waals surface area contributed by atoms with Gasteiger partial charge in [0.05, 0.1) is 4.90 Å². The number of hydrogen-bond donors (Lipinski definition) is 3. The van der Waals surface area contributed by atoms with Gasteiger partial charge in [0.15, 0.2) is 5.11 Å². The van der Waals surface area contributed by atoms with Crippen LogP contribution in [0.4, 0.5) is 15.8 Å². The molecule has 0 atom stereocenters. The van der Waals surface area contributed by atoms with Crippen LogP contribution in [0.5, 0.6) is 0 Å². The van der Waals surface area contributed by atoms with Crippen LogP contribution in [0.25, 0.3) is 0 Å². The van der Waals surface area contributed by atoms with Gasteiger partial charge in [-0.15, -0.1) is 0 Å². The standard InChI is InChI=1S/C16H18FN3O2S2/c1-9-4-5-12(7-14(9)17)19-16(23)20-15-8-13(24(18,21)22)6-10(2)11(15)3/h4-8H,1-3H3,(H2,18,21,22)(H2,19,20,23). The third-order valence-corrected chi connectivity index (χ3v) is 4.74. The van der Waals surface area contributed by atoms with Gasteiger partial charge in [0.25, 0.3) is 0 Å². The van der Waals surface area contributed by atoms with Gasteiger partial charge in [-0.2, -0.15) is 0 Å². The van der Waals surface area contributed by atoms with E-state index in [1.54, 1.807) is 26.0 Å². The van der Waals surface area contributed by atoms with E-state index in [9.17, 15) is 12.8 Å². The highest BCUT2D eigenvalue weighted by molar-refractivity contribution is 7.89. The molecule has 2 aromatic rings. The molecule has 0 saturated carbocycles. The van der Waals surface area contributed by atoms with E-state index < -0.39 is 10.0 Å². The number of thiocarbonyl (C=S) groups is 1. The monoisotopic (exact) mass is 367 g/mol. The minimum atomic E-state index is -3.82. The molecule has 0 amide bonds. The predicted octanol–water partition coefficient (Wildman–Crippen LogP) is 3.21. The summed E-state index contributed by atoms with van der Waals surface area (Å²) in [7, 11) is -3.82. The highest BCUT2D eigenvalue weighted by Gasteiger charge is 2.13. The van der Waals surface area contributed by atoms with Crippen molar-refractivity contribution in [3.63, 3.8) is 0 Å². The molecule has 0 heterocycles. The zero-order valence-electron chi connectivity index (χ0n) is 13.5. The number of aryl methyl sites for hydroxylation is 2. The van der Waals surface area contributed by atoms with Gasteiger partial charge in [0, 0.05) is 11.4 Å². The molecule has 0 saturated heterocycles. The number of nitrogens with one attached hydrogen (secondary N) is 2. The van der Waals surface area contributed by atoms with Gasteiger partial charge < -0.3 is 10.6 Å². The van der Waals surface area contributed by atoms with Crippen LogP contribution in [0.3, 0.4) is 0 Å². The minimum Gasteiger partial charge on any atom is -0.332 e. The van der Waals surface area contributed by atoms with Crippen molar-refractivity contribution in [3.8, 4) is 0 Å². The molecular formula is C16H18FN3O2S2. The number of benzene rings is 2. The molecule has 0 aliphatic heterocycles. The number of nitrogens with two attached hydrogens (primary N) is 1. The van der Waals surface area contributed by atoms with Crippen molar-refractivity contribution < 1.29 is 12.8 Å². The van der Waals surface area contributed by atoms with Gasteiger partial charge in [-0.25, -0.2) is 17.9 Å². The van der Waals surface area contributed by atoms with Gasteiger partial charge in [0.1, 0.15) is 5.82 Å². The summed E-state index contributed by atoms with van der Waals surface area (Å²) in [5, 5.41) is 11.2. The van der Waals surface area contributed by atoms with Gasteiger partial charge in [-0.1, -0.05) is 6.07 Å². The molecule has 0 aromatic heterocycles. The fraction of sp³-hybridized carbons (Fsp3) is 0.188. The van der Waals surface area contributed by atoms with E-state index in [0.717, 1.165) is 11.1 Å². The third-order valence-electron chi connectivity index (χ3n) is 3.65. The maximum atomic E-state index is 13.6. The lowest BCUT2D eigenvalue weighted by Crippen LogP contribution is -2.21. The Bertz CT molecular complexity index is 912. The highest BCUT2D eigenvalue weighted by Crippen LogP contribution is 2.24. The molecule has 0 fully saturated rings. The molecule has 128 valence electrons. The largest absolute Gasteiger partial charge is 0.332 e. The average molecular weight is 367 g/mol. The fourth-order valence-electron chi connectivity index (χ4n) is 2.08. The Hall–Kier alpha value is -2.03. The van der Waals surface area contributed by atoms with E-state index in [2.05, 4.69) is 10.6 Å². The molecule has 2 rings (SSSR count). The van der Waals surface area contributed by atoms with Gasteiger partial charge in [0.2, 0.25) is 10.0 Å². The predicted molar refractivity (Wildman–Crippen MR) is 98.3 cm³/mol. The summed E-state index contributed by atoms with van der Waals surface area (Å²) < 4.78 is 36.7. The third kappa shape index (κ3) is 4.28. The Morgan fingerprint density at radius 1 is 1.08 bits per heavy atom. The van der Waals surface area contributed by atoms with Crippen LogP contribution < -0.4 is 15.8 Å². The molecule has 5 nitrogen and oxygen atoms in total. The Kier molecular flexibility index (Phi) is 5.22. The topological polar surface area (TPSA) is 84.2 Å². The lowest BCUT2D eigenvalue weighted by molar-refractivity contribution is 0.597. The SMILES string of the molecule is Cc1ccc(NC(=S)Nc2cc(S(N)(=O)=O)cc(C)c2C)cc1F. The van der Waals surface area contributed by atoms with Crippen molar-refractivity contribution in [2.24, 2.45) is 5.14 Å². The molecule has 0 radical (unpaired) electrons. The summed E-state index contributed by atoms with van der Waals surface area (Å²) in [4.78, 5) is -0.00252. The normalized spacial score (nSPS) is 11.2. The quantitative estimate of drug-likeness (QED) is 0.726. The average Bonchev–Trinajstić information content (AvgIpc) is 2.46. The van der Waals surface area contributed by atoms with Crippen LogP contribution in [0.15, 0.2) is 35.2 Å². The lowest BCUT2D eigenvalue weighted by atomic mass is 10.1. The molecule has 0 aliphatic carbocycles. The van der Waals surface area contributed by atoms with Gasteiger partial charge in [-0.3, -0.25) is 0 Å². The number of halogens is 1. The second-order valence-corrected chi connectivity index (χ2v) is 7.47. The van der Waals surface area contributed by atoms with Crippen molar-refractivity contribution in [2.75, 3.05) is 10.6 Å². The zero-order chi connectivity index (χ0) is 18.1. The molecule has 0 aliphatic rings. The van der Waals surface area contributed by atoms with Crippen molar-refractivity contribution >= 4 is 38.7 Å². The van der Waals surface area contributed by atoms with Crippen LogP contribution in [-0.4, -0.2) is 13.5 Å². The van der Waals surface area contributed by atoms with Crippen LogP contribution in [0.2, 0.25) is 0 Å². The summed E-state index contributed by atoms with van der Waals surface area (Å²) in [6.45, 7) is 5.28. The Balaban J connectivity index is 2.25. The number of primary sulfonamides is 1. The first-order chi connectivity index (χ1) is 11.1. The summed E-state index contributed by atoms with van der Waals surface area (Å²) >= 11 is 5.21. The van der Waals surface area contributed by atoms with E-state index in [0.29, 0.717) is 16.9 Å². The van der Waals surface area contributed by atoms with Crippen LogP contribution in [0.1, 0.15) is 16.7 Å². The summed E-state index contributed by atoms with van der Waals surface area (Å²) in [5.74, 6) is -0.342. The van der Waals surface area contributed by atoms with E-state index in [4.69, 9.17) is 17.4 Å². The first kappa shape index (κ1) is 18.3. The smallest absolute Gasteiger partial charge is 0.238 e. The maximum absolute atomic E-state index is 13.6. The van der Waals surface area contributed by atoms with E-state index in [-0.39, 0.29) is 15.8 Å². The molecule has 2 aromatic carbocycles. The number of sulfonamides is 1. The maximum Gasteiger partial charge on any atom is 0.238 e. The van der Waals surface area contributed by atoms with Crippen molar-refractivity contribution in [2.45, 2.75) is 25.7 Å². The second-order valence-electron chi connectivity index (χ2n) is 5.50. The number of hydrogen-bond acceptors (Lipinski definition) is 3. The lowest BCUT2D eigenvalue weighted by Gasteiger charge is -2.15. The van der Waals surface area contributed by atoms with Gasteiger partial charge >= 0.3 is 0 Å². The number of anilines is 2. The summed E-state index contributed by atoms with van der Waals surface area (Å²) in [5.41, 5.74) is 3.14. The van der Waals surface area contributed by atoms with Crippen LogP contribution in [-0.2, 0) is 10.0 Å². The minimum absolute atomic E-state index is 0.00252. The summed E-state index contributed by atoms with van der Waals surface area (Å²) in [6, 6.07) is 7.59. The summed E-state index contributed by atoms with van der Waals surface area (Å²) in [6.07, 6.45) is 0. The van der Waals surface area contributed by atoms with E-state index in [1.807, 2.05) is 6.92 Å². The molecule has 0 spiro atoms. The molecule has 8 heteroatoms. The molecular weight excluding hydrogens is 349 g/mol. The first-order valence-electron chi connectivity index (χ1n) is 7.06. The number of rotatable bonds is 3. The zero-order valence-corrected chi connectivity index (χ0v) is 15.1. The molecule has 24 heavy (non-hydrogen) atoms. The molecule has 0 unspecified atom stereocenters. The van der Waals surface area contributed by atoms with E-state index in [1.165, 1.54) is 18.2 Å². The van der Waals surface area contributed by atoms with Crippen molar-refractivity contribution in [1.82, 2.24) is 0 Å². The van der Waals surface area contributed by atoms with Crippen LogP contribution >= 0.6 is 12.2 Å². The first-order valence-corrected chi connectivity index (χ1v) is 9.01. The van der Waals surface area contributed by atoms with E-state index >= 15 is 0 Å². The second kappa shape index (κ2) is 6.84. The highest BCUT2D eigenvalue weighted by atomic mass is 32.2. The Labute approximate surface area is 146 Å². The Morgan fingerprint density at radius 3 is 2.33 bits per heavy atom. The van der Waals surface area contributed by atoms with Crippen molar-refractivity contribution in [1.29, 1.82) is 0 Å². The van der Waals surface area contributed by atoms with Gasteiger partial charge in [-0.05, 0) is 73.9 Å². The molecule has 4 N–H and O–H groups in total. The van der Waals surface area contributed by atoms with Crippen LogP contribution in [0, 0.1) is 26.6 Å². The van der Waals surface area contributed by atoms with Crippen molar-refractivity contribution in [3.05, 3.63) is 52.8 Å².